The van der Waals surface area contributed by atoms with Gasteiger partial charge in [0.25, 0.3) is 5.91 Å². The van der Waals surface area contributed by atoms with Crippen LogP contribution in [-0.2, 0) is 12.8 Å². The van der Waals surface area contributed by atoms with Gasteiger partial charge in [-0.2, -0.15) is 0 Å². The summed E-state index contributed by atoms with van der Waals surface area (Å²) in [4.78, 5) is 26.3. The fourth-order valence-electron chi connectivity index (χ4n) is 4.24. The molecule has 0 atom stereocenters. The summed E-state index contributed by atoms with van der Waals surface area (Å²) in [5.41, 5.74) is 4.27. The minimum atomic E-state index is -0.311. The molecule has 1 saturated carbocycles. The third-order valence-corrected chi connectivity index (χ3v) is 6.02. The van der Waals surface area contributed by atoms with Gasteiger partial charge < -0.3 is 14.5 Å². The topological polar surface area (TPSA) is 103 Å². The number of pyridine rings is 2. The third kappa shape index (κ3) is 3.45. The van der Waals surface area contributed by atoms with Crippen molar-refractivity contribution in [2.75, 3.05) is 5.32 Å². The molecule has 1 amide bonds. The molecule has 2 aliphatic carbocycles. The van der Waals surface area contributed by atoms with E-state index in [1.54, 1.807) is 24.7 Å². The molecule has 32 heavy (non-hydrogen) atoms. The Morgan fingerprint density at radius 3 is 2.88 bits per heavy atom. The van der Waals surface area contributed by atoms with Crippen LogP contribution in [-0.4, -0.2) is 40.2 Å². The summed E-state index contributed by atoms with van der Waals surface area (Å²) in [6.45, 7) is 0. The van der Waals surface area contributed by atoms with Crippen LogP contribution in [0.25, 0.3) is 17.2 Å². The van der Waals surface area contributed by atoms with Crippen LogP contribution in [0.4, 0.5) is 5.82 Å². The molecule has 0 spiro atoms. The number of amides is 1. The van der Waals surface area contributed by atoms with Crippen molar-refractivity contribution < 1.29 is 4.79 Å². The summed E-state index contributed by atoms with van der Waals surface area (Å²) in [6.07, 6.45) is 11.8. The van der Waals surface area contributed by atoms with Crippen LogP contribution in [0.1, 0.15) is 53.6 Å². The number of aryl methyl sites for hydroxylation is 1. The summed E-state index contributed by atoms with van der Waals surface area (Å²) < 4.78 is 4.11. The Labute approximate surface area is 184 Å². The standard InChI is InChI=1S/C23H22N8O/c32-23(19-12-16(10-11-24-19)30-13-25-17-4-1-2-6-20(17)30)28-21-7-3-5-18(27-21)22-29-26-14-31(22)15-8-9-15/h3,5,7,10-15H,1-2,4,6,8-9H2,(H,27,28,32). The number of hydrogen-bond acceptors (Lipinski definition) is 6. The summed E-state index contributed by atoms with van der Waals surface area (Å²) in [7, 11) is 0. The van der Waals surface area contributed by atoms with Crippen molar-refractivity contribution in [1.82, 2.24) is 34.3 Å². The van der Waals surface area contributed by atoms with E-state index in [9.17, 15) is 4.79 Å². The van der Waals surface area contributed by atoms with Crippen molar-refractivity contribution in [3.05, 3.63) is 66.3 Å². The van der Waals surface area contributed by atoms with Crippen LogP contribution in [0, 0.1) is 0 Å². The molecule has 1 N–H and O–H groups in total. The second kappa shape index (κ2) is 7.67. The van der Waals surface area contributed by atoms with Crippen molar-refractivity contribution >= 4 is 11.7 Å². The van der Waals surface area contributed by atoms with E-state index in [1.807, 2.05) is 29.1 Å². The maximum atomic E-state index is 12.9. The molecular formula is C23H22N8O. The third-order valence-electron chi connectivity index (χ3n) is 6.02. The fraction of sp³-hybridized carbons (Fsp3) is 0.304. The Kier molecular flexibility index (Phi) is 4.52. The first-order chi connectivity index (χ1) is 15.8. The van der Waals surface area contributed by atoms with Crippen molar-refractivity contribution in [3.63, 3.8) is 0 Å². The Morgan fingerprint density at radius 2 is 1.97 bits per heavy atom. The number of carbonyl (C=O) groups is 1. The zero-order chi connectivity index (χ0) is 21.5. The average molecular weight is 426 g/mol. The zero-order valence-electron chi connectivity index (χ0n) is 17.5. The van der Waals surface area contributed by atoms with Crippen molar-refractivity contribution in [2.24, 2.45) is 0 Å². The highest BCUT2D eigenvalue weighted by Crippen LogP contribution is 2.37. The van der Waals surface area contributed by atoms with Gasteiger partial charge in [0, 0.05) is 17.9 Å². The first-order valence-corrected chi connectivity index (χ1v) is 11.0. The number of aromatic nitrogens is 7. The van der Waals surface area contributed by atoms with Gasteiger partial charge in [-0.3, -0.25) is 9.78 Å². The molecule has 4 aromatic heterocycles. The molecule has 0 bridgehead atoms. The number of fused-ring (bicyclic) bond motifs is 1. The van der Waals surface area contributed by atoms with Crippen molar-refractivity contribution in [1.29, 1.82) is 0 Å². The van der Waals surface area contributed by atoms with Gasteiger partial charge in [-0.05, 0) is 62.8 Å². The lowest BCUT2D eigenvalue weighted by atomic mass is 10.0. The Morgan fingerprint density at radius 1 is 1.06 bits per heavy atom. The largest absolute Gasteiger partial charge is 0.309 e. The van der Waals surface area contributed by atoms with E-state index in [0.29, 0.717) is 29.1 Å². The molecular weight excluding hydrogens is 404 g/mol. The second-order valence-corrected chi connectivity index (χ2v) is 8.27. The van der Waals surface area contributed by atoms with Crippen LogP contribution in [0.2, 0.25) is 0 Å². The van der Waals surface area contributed by atoms with Gasteiger partial charge in [-0.15, -0.1) is 10.2 Å². The number of nitrogens with one attached hydrogen (secondary N) is 1. The smallest absolute Gasteiger partial charge is 0.275 e. The average Bonchev–Trinajstić information content (AvgIpc) is 3.39. The van der Waals surface area contributed by atoms with Gasteiger partial charge >= 0.3 is 0 Å². The zero-order valence-corrected chi connectivity index (χ0v) is 17.5. The van der Waals surface area contributed by atoms with Crippen LogP contribution < -0.4 is 5.32 Å². The molecule has 0 unspecified atom stereocenters. The quantitative estimate of drug-likeness (QED) is 0.525. The van der Waals surface area contributed by atoms with E-state index < -0.39 is 0 Å². The monoisotopic (exact) mass is 426 g/mol. The molecule has 0 saturated heterocycles. The summed E-state index contributed by atoms with van der Waals surface area (Å²) >= 11 is 0. The molecule has 0 aliphatic heterocycles. The normalized spacial score (nSPS) is 15.4. The highest BCUT2D eigenvalue weighted by molar-refractivity contribution is 6.02. The molecule has 4 heterocycles. The van der Waals surface area contributed by atoms with E-state index in [0.717, 1.165) is 43.5 Å². The van der Waals surface area contributed by atoms with Crippen molar-refractivity contribution in [3.8, 4) is 17.2 Å². The van der Waals surface area contributed by atoms with Crippen LogP contribution in [0.3, 0.4) is 0 Å². The van der Waals surface area contributed by atoms with Gasteiger partial charge in [0.15, 0.2) is 5.82 Å². The van der Waals surface area contributed by atoms with Gasteiger partial charge in [-0.25, -0.2) is 9.97 Å². The number of anilines is 1. The molecule has 160 valence electrons. The number of rotatable bonds is 5. The highest BCUT2D eigenvalue weighted by atomic mass is 16.1. The van der Waals surface area contributed by atoms with E-state index in [1.165, 1.54) is 12.1 Å². The highest BCUT2D eigenvalue weighted by Gasteiger charge is 2.27. The van der Waals surface area contributed by atoms with E-state index in [4.69, 9.17) is 0 Å². The number of nitrogens with zero attached hydrogens (tertiary/aromatic N) is 7. The summed E-state index contributed by atoms with van der Waals surface area (Å²) in [5, 5.41) is 11.1. The molecule has 4 aromatic rings. The number of hydrogen-bond donors (Lipinski definition) is 1. The first kappa shape index (κ1) is 18.9. The Hall–Kier alpha value is -3.88. The molecule has 2 aliphatic rings. The van der Waals surface area contributed by atoms with Crippen LogP contribution in [0.5, 0.6) is 0 Å². The number of imidazole rings is 1. The SMILES string of the molecule is O=C(Nc1cccc(-c2nncn2C2CC2)n1)c1cc(-n2cnc3c2CCCC3)ccn1. The lowest BCUT2D eigenvalue weighted by Gasteiger charge is -2.14. The summed E-state index contributed by atoms with van der Waals surface area (Å²) in [5.74, 6) is 0.854. The molecule has 9 nitrogen and oxygen atoms in total. The Bertz CT molecular complexity index is 1300. The van der Waals surface area contributed by atoms with E-state index in [-0.39, 0.29) is 5.91 Å². The van der Waals surface area contributed by atoms with Gasteiger partial charge in [0.1, 0.15) is 23.5 Å². The predicted octanol–water partition coefficient (Wildman–Crippen LogP) is 3.39. The Balaban J connectivity index is 1.25. The molecule has 0 aromatic carbocycles. The van der Waals surface area contributed by atoms with E-state index in [2.05, 4.69) is 35.0 Å². The lowest BCUT2D eigenvalue weighted by molar-refractivity contribution is 0.102. The molecule has 0 radical (unpaired) electrons. The first-order valence-electron chi connectivity index (χ1n) is 11.0. The maximum Gasteiger partial charge on any atom is 0.275 e. The summed E-state index contributed by atoms with van der Waals surface area (Å²) in [6, 6.07) is 9.62. The maximum absolute atomic E-state index is 12.9. The second-order valence-electron chi connectivity index (χ2n) is 8.27. The van der Waals surface area contributed by atoms with Crippen LogP contribution >= 0.6 is 0 Å². The minimum absolute atomic E-state index is 0.311. The van der Waals surface area contributed by atoms with Gasteiger partial charge in [0.2, 0.25) is 0 Å². The van der Waals surface area contributed by atoms with E-state index >= 15 is 0 Å². The molecule has 1 fully saturated rings. The fourth-order valence-corrected chi connectivity index (χ4v) is 4.24. The minimum Gasteiger partial charge on any atom is -0.309 e. The lowest BCUT2D eigenvalue weighted by Crippen LogP contribution is -2.15. The predicted molar refractivity (Wildman–Crippen MR) is 117 cm³/mol. The molecule has 6 rings (SSSR count). The van der Waals surface area contributed by atoms with Crippen molar-refractivity contribution in [2.45, 2.75) is 44.6 Å². The molecule has 9 heteroatoms. The van der Waals surface area contributed by atoms with Gasteiger partial charge in [0.05, 0.1) is 17.7 Å². The van der Waals surface area contributed by atoms with Crippen LogP contribution in [0.15, 0.2) is 49.2 Å². The van der Waals surface area contributed by atoms with Gasteiger partial charge in [-0.1, -0.05) is 6.07 Å². The number of carbonyl (C=O) groups excluding carboxylic acids is 1.